The Bertz CT molecular complexity index is 794. The maximum Gasteiger partial charge on any atom is 0.324 e. The summed E-state index contributed by atoms with van der Waals surface area (Å²) in [5.74, 6) is -2.21. The van der Waals surface area contributed by atoms with Gasteiger partial charge in [0, 0.05) is 38.2 Å². The molecular weight excluding hydrogens is 344 g/mol. The third kappa shape index (κ3) is 4.33. The smallest absolute Gasteiger partial charge is 0.324 e. The van der Waals surface area contributed by atoms with Crippen molar-refractivity contribution in [3.05, 3.63) is 59.9 Å². The number of aromatic nitrogens is 1. The number of hydrogen-bond acceptors (Lipinski definition) is 4. The van der Waals surface area contributed by atoms with Crippen molar-refractivity contribution in [1.29, 1.82) is 0 Å². The molecule has 0 saturated carbocycles. The van der Waals surface area contributed by atoms with Crippen molar-refractivity contribution in [2.75, 3.05) is 13.1 Å². The first-order valence-corrected chi connectivity index (χ1v) is 8.16. The first-order valence-electron chi connectivity index (χ1n) is 8.16. The van der Waals surface area contributed by atoms with Crippen LogP contribution in [0, 0.1) is 11.6 Å². The van der Waals surface area contributed by atoms with E-state index >= 15 is 0 Å². The highest BCUT2D eigenvalue weighted by atomic mass is 19.2. The lowest BCUT2D eigenvalue weighted by Crippen LogP contribution is -2.48. The van der Waals surface area contributed by atoms with Crippen molar-refractivity contribution in [2.24, 2.45) is 0 Å². The number of likely N-dealkylation sites (tertiary alicyclic amines) is 1. The highest BCUT2D eigenvalue weighted by Crippen LogP contribution is 2.21. The molecule has 3 rings (SSSR count). The van der Waals surface area contributed by atoms with Gasteiger partial charge in [0.2, 0.25) is 0 Å². The van der Waals surface area contributed by atoms with Gasteiger partial charge in [-0.05, 0) is 24.3 Å². The van der Waals surface area contributed by atoms with Crippen LogP contribution in [-0.2, 0) is 0 Å². The predicted octanol–water partition coefficient (Wildman–Crippen LogP) is 2.75. The minimum atomic E-state index is -0.965. The zero-order chi connectivity index (χ0) is 18.5. The van der Waals surface area contributed by atoms with Gasteiger partial charge in [0.25, 0.3) is 5.91 Å². The molecule has 2 heterocycles. The van der Waals surface area contributed by atoms with E-state index in [9.17, 15) is 18.4 Å². The summed E-state index contributed by atoms with van der Waals surface area (Å²) in [4.78, 5) is 29.5. The molecule has 2 aromatic rings. The fraction of sp³-hybridized carbons (Fsp3) is 0.278. The van der Waals surface area contributed by atoms with Crippen LogP contribution in [0.2, 0.25) is 0 Å². The van der Waals surface area contributed by atoms with Gasteiger partial charge < -0.3 is 9.64 Å². The van der Waals surface area contributed by atoms with E-state index in [1.165, 1.54) is 23.2 Å². The Morgan fingerprint density at radius 3 is 2.54 bits per heavy atom. The maximum atomic E-state index is 13.2. The van der Waals surface area contributed by atoms with Gasteiger partial charge in [-0.1, -0.05) is 6.07 Å². The summed E-state index contributed by atoms with van der Waals surface area (Å²) in [6.45, 7) is 0.769. The molecular formula is C18H17F2N3O3. The average molecular weight is 361 g/mol. The van der Waals surface area contributed by atoms with Crippen molar-refractivity contribution in [3.8, 4) is 5.75 Å². The monoisotopic (exact) mass is 361 g/mol. The van der Waals surface area contributed by atoms with Gasteiger partial charge in [-0.25, -0.2) is 13.6 Å². The van der Waals surface area contributed by atoms with Gasteiger partial charge in [0.15, 0.2) is 11.6 Å². The number of carbonyl (C=O) groups excluding carboxylic acids is 2. The Labute approximate surface area is 148 Å². The van der Waals surface area contributed by atoms with Gasteiger partial charge in [-0.15, -0.1) is 0 Å². The molecule has 8 heteroatoms. The lowest BCUT2D eigenvalue weighted by molar-refractivity contribution is 0.0911. The fourth-order valence-corrected chi connectivity index (χ4v) is 2.66. The van der Waals surface area contributed by atoms with Crippen LogP contribution >= 0.6 is 0 Å². The largest absolute Gasteiger partial charge is 0.490 e. The van der Waals surface area contributed by atoms with Gasteiger partial charge in [0.05, 0.1) is 0 Å². The molecule has 0 atom stereocenters. The topological polar surface area (TPSA) is 71.5 Å². The minimum absolute atomic E-state index is 0.164. The number of nitrogens with zero attached hydrogens (tertiary/aromatic N) is 2. The van der Waals surface area contributed by atoms with Crippen molar-refractivity contribution in [3.63, 3.8) is 0 Å². The van der Waals surface area contributed by atoms with E-state index in [4.69, 9.17) is 4.74 Å². The van der Waals surface area contributed by atoms with Crippen LogP contribution in [0.3, 0.4) is 0 Å². The number of halogens is 2. The molecule has 6 nitrogen and oxygen atoms in total. The Balaban J connectivity index is 1.49. The SMILES string of the molecule is O=C(NC(=O)N1CCC(Oc2ccc(F)c(F)c2)CC1)c1ccccn1. The van der Waals surface area contributed by atoms with Crippen LogP contribution in [-0.4, -0.2) is 41.0 Å². The summed E-state index contributed by atoms with van der Waals surface area (Å²) >= 11 is 0. The van der Waals surface area contributed by atoms with Crippen LogP contribution in [0.1, 0.15) is 23.3 Å². The van der Waals surface area contributed by atoms with Crippen molar-refractivity contribution < 1.29 is 23.1 Å². The predicted molar refractivity (Wildman–Crippen MR) is 88.7 cm³/mol. The molecule has 3 amide bonds. The number of piperidine rings is 1. The second-order valence-corrected chi connectivity index (χ2v) is 5.85. The summed E-state index contributed by atoms with van der Waals surface area (Å²) in [5.41, 5.74) is 0.164. The van der Waals surface area contributed by atoms with E-state index < -0.39 is 23.6 Å². The number of carbonyl (C=O) groups is 2. The summed E-state index contributed by atoms with van der Waals surface area (Å²) in [7, 11) is 0. The number of pyridine rings is 1. The molecule has 1 aromatic heterocycles. The number of urea groups is 1. The van der Waals surface area contributed by atoms with Crippen molar-refractivity contribution in [1.82, 2.24) is 15.2 Å². The molecule has 0 unspecified atom stereocenters. The highest BCUT2D eigenvalue weighted by Gasteiger charge is 2.25. The van der Waals surface area contributed by atoms with Gasteiger partial charge in [-0.2, -0.15) is 0 Å². The lowest BCUT2D eigenvalue weighted by Gasteiger charge is -2.32. The van der Waals surface area contributed by atoms with Gasteiger partial charge >= 0.3 is 6.03 Å². The van der Waals surface area contributed by atoms with Crippen molar-refractivity contribution >= 4 is 11.9 Å². The molecule has 0 bridgehead atoms. The van der Waals surface area contributed by atoms with Crippen LogP contribution < -0.4 is 10.1 Å². The Morgan fingerprint density at radius 2 is 1.88 bits per heavy atom. The second-order valence-electron chi connectivity index (χ2n) is 5.85. The van der Waals surface area contributed by atoms with Gasteiger partial charge in [-0.3, -0.25) is 15.1 Å². The average Bonchev–Trinajstić information content (AvgIpc) is 2.66. The number of hydrogen-bond donors (Lipinski definition) is 1. The van der Waals surface area contributed by atoms with E-state index in [2.05, 4.69) is 10.3 Å². The quantitative estimate of drug-likeness (QED) is 0.913. The van der Waals surface area contributed by atoms with E-state index in [-0.39, 0.29) is 17.5 Å². The number of nitrogens with one attached hydrogen (secondary N) is 1. The molecule has 136 valence electrons. The number of amides is 3. The van der Waals surface area contributed by atoms with E-state index in [1.54, 1.807) is 12.1 Å². The molecule has 0 aliphatic carbocycles. The summed E-state index contributed by atoms with van der Waals surface area (Å²) in [5, 5.41) is 2.30. The van der Waals surface area contributed by atoms with Crippen LogP contribution in [0.25, 0.3) is 0 Å². The van der Waals surface area contributed by atoms with Crippen LogP contribution in [0.5, 0.6) is 5.75 Å². The summed E-state index contributed by atoms with van der Waals surface area (Å²) < 4.78 is 31.8. The Morgan fingerprint density at radius 1 is 1.12 bits per heavy atom. The van der Waals surface area contributed by atoms with E-state index in [0.29, 0.717) is 25.9 Å². The van der Waals surface area contributed by atoms with Crippen LogP contribution in [0.15, 0.2) is 42.6 Å². The third-order valence-corrected chi connectivity index (χ3v) is 4.04. The minimum Gasteiger partial charge on any atom is -0.490 e. The van der Waals surface area contributed by atoms with E-state index in [1.807, 2.05) is 0 Å². The molecule has 26 heavy (non-hydrogen) atoms. The molecule has 1 aromatic carbocycles. The molecule has 0 spiro atoms. The molecule has 1 aliphatic heterocycles. The normalized spacial score (nSPS) is 14.8. The standard InChI is InChI=1S/C18H17F2N3O3/c19-14-5-4-13(11-15(14)20)26-12-6-9-23(10-7-12)18(25)22-17(24)16-3-1-2-8-21-16/h1-5,8,11-12H,6-7,9-10H2,(H,22,24,25). The molecule has 1 fully saturated rings. The second kappa shape index (κ2) is 7.90. The number of benzene rings is 1. The summed E-state index contributed by atoms with van der Waals surface area (Å²) in [6.07, 6.45) is 2.30. The third-order valence-electron chi connectivity index (χ3n) is 4.04. The molecule has 1 aliphatic rings. The lowest BCUT2D eigenvalue weighted by atomic mass is 10.1. The number of ether oxygens (including phenoxy) is 1. The van der Waals surface area contributed by atoms with E-state index in [0.717, 1.165) is 12.1 Å². The van der Waals surface area contributed by atoms with Crippen LogP contribution in [0.4, 0.5) is 13.6 Å². The zero-order valence-corrected chi connectivity index (χ0v) is 13.8. The molecule has 1 saturated heterocycles. The Hall–Kier alpha value is -3.03. The first-order chi connectivity index (χ1) is 12.5. The van der Waals surface area contributed by atoms with Crippen molar-refractivity contribution in [2.45, 2.75) is 18.9 Å². The molecule has 1 N–H and O–H groups in total. The fourth-order valence-electron chi connectivity index (χ4n) is 2.66. The highest BCUT2D eigenvalue weighted by molar-refractivity contribution is 6.03. The maximum absolute atomic E-state index is 13.2. The Kier molecular flexibility index (Phi) is 5.40. The number of rotatable bonds is 3. The number of imide groups is 1. The first kappa shape index (κ1) is 17.8. The van der Waals surface area contributed by atoms with Gasteiger partial charge in [0.1, 0.15) is 17.5 Å². The zero-order valence-electron chi connectivity index (χ0n) is 13.8. The summed E-state index contributed by atoms with van der Waals surface area (Å²) in [6, 6.07) is 7.74. The molecule has 0 radical (unpaired) electrons.